The Kier molecular flexibility index (Phi) is 2.67. The monoisotopic (exact) mass is 306 g/mol. The van der Waals surface area contributed by atoms with Crippen LogP contribution in [0.2, 0.25) is 0 Å². The summed E-state index contributed by atoms with van der Waals surface area (Å²) in [5, 5.41) is 0. The van der Waals surface area contributed by atoms with Crippen molar-refractivity contribution >= 4 is 15.6 Å². The van der Waals surface area contributed by atoms with Crippen molar-refractivity contribution in [3.8, 4) is 0 Å². The summed E-state index contributed by atoms with van der Waals surface area (Å²) in [5.74, 6) is -0.0474. The van der Waals surface area contributed by atoms with Crippen molar-refractivity contribution in [2.24, 2.45) is 5.92 Å². The number of hydrogen-bond acceptors (Lipinski definition) is 4. The van der Waals surface area contributed by atoms with Crippen LogP contribution in [-0.2, 0) is 19.4 Å². The summed E-state index contributed by atoms with van der Waals surface area (Å²) in [5.41, 5.74) is -0.365. The van der Waals surface area contributed by atoms with E-state index in [9.17, 15) is 13.2 Å². The SMILES string of the molecule is O=C1CCC23CCCC2CC1(S(=O)(=O)c1ccccc1)O3. The van der Waals surface area contributed by atoms with E-state index < -0.39 is 14.8 Å². The molecule has 1 aromatic rings. The molecule has 2 saturated heterocycles. The van der Waals surface area contributed by atoms with Gasteiger partial charge in [-0.1, -0.05) is 24.6 Å². The van der Waals surface area contributed by atoms with Gasteiger partial charge in [0.1, 0.15) is 0 Å². The van der Waals surface area contributed by atoms with E-state index in [0.29, 0.717) is 19.3 Å². The van der Waals surface area contributed by atoms with E-state index in [-0.39, 0.29) is 22.2 Å². The third-order valence-corrected chi connectivity index (χ3v) is 7.71. The second-order valence-electron chi connectivity index (χ2n) is 6.45. The molecule has 2 bridgehead atoms. The maximum Gasteiger partial charge on any atom is 0.232 e. The van der Waals surface area contributed by atoms with E-state index in [4.69, 9.17) is 4.74 Å². The molecule has 4 nitrogen and oxygen atoms in total. The fourth-order valence-corrected chi connectivity index (χ4v) is 6.40. The van der Waals surface area contributed by atoms with Crippen LogP contribution in [0, 0.1) is 5.92 Å². The Hall–Kier alpha value is -1.20. The van der Waals surface area contributed by atoms with Gasteiger partial charge in [-0.05, 0) is 37.3 Å². The standard InChI is InChI=1S/C16H18O4S/c17-14-8-10-15-9-4-5-12(15)11-16(14,20-15)21(18,19)13-6-2-1-3-7-13/h1-3,6-7,12H,4-5,8-11H2. The predicted octanol–water partition coefficient (Wildman–Crippen LogP) is 2.48. The maximum atomic E-state index is 13.1. The number of hydrogen-bond donors (Lipinski definition) is 0. The van der Waals surface area contributed by atoms with E-state index in [0.717, 1.165) is 19.3 Å². The molecule has 1 aromatic carbocycles. The number of sulfone groups is 1. The van der Waals surface area contributed by atoms with Gasteiger partial charge in [-0.3, -0.25) is 4.79 Å². The van der Waals surface area contributed by atoms with Gasteiger partial charge in [0, 0.05) is 12.8 Å². The highest BCUT2D eigenvalue weighted by atomic mass is 32.2. The minimum absolute atomic E-state index is 0.190. The fraction of sp³-hybridized carbons (Fsp3) is 0.562. The van der Waals surface area contributed by atoms with Gasteiger partial charge in [0.05, 0.1) is 10.5 Å². The summed E-state index contributed by atoms with van der Waals surface area (Å²) in [6.45, 7) is 0. The lowest BCUT2D eigenvalue weighted by atomic mass is 9.88. The largest absolute Gasteiger partial charge is 0.345 e. The lowest BCUT2D eigenvalue weighted by Gasteiger charge is -2.38. The molecule has 4 rings (SSSR count). The Balaban J connectivity index is 1.85. The molecule has 112 valence electrons. The summed E-state index contributed by atoms with van der Waals surface area (Å²) < 4.78 is 32.2. The van der Waals surface area contributed by atoms with Gasteiger partial charge >= 0.3 is 0 Å². The van der Waals surface area contributed by atoms with Crippen LogP contribution in [0.3, 0.4) is 0 Å². The van der Waals surface area contributed by atoms with E-state index in [1.807, 2.05) is 0 Å². The molecule has 0 radical (unpaired) electrons. The number of ether oxygens (including phenoxy) is 1. The van der Waals surface area contributed by atoms with Crippen LogP contribution < -0.4 is 0 Å². The average molecular weight is 306 g/mol. The topological polar surface area (TPSA) is 60.4 Å². The molecule has 3 aliphatic rings. The Morgan fingerprint density at radius 3 is 2.67 bits per heavy atom. The molecule has 0 N–H and O–H groups in total. The van der Waals surface area contributed by atoms with Gasteiger partial charge in [0.2, 0.25) is 14.8 Å². The van der Waals surface area contributed by atoms with Crippen molar-refractivity contribution in [1.29, 1.82) is 0 Å². The van der Waals surface area contributed by atoms with Gasteiger partial charge in [0.15, 0.2) is 5.78 Å². The number of fused-ring (bicyclic) bond motifs is 1. The molecule has 0 aromatic heterocycles. The Morgan fingerprint density at radius 1 is 1.14 bits per heavy atom. The van der Waals surface area contributed by atoms with Crippen LogP contribution in [-0.4, -0.2) is 24.7 Å². The molecule has 1 saturated carbocycles. The summed E-state index contributed by atoms with van der Waals surface area (Å²) in [7, 11) is -3.80. The normalized spacial score (nSPS) is 38.5. The molecule has 3 unspecified atom stereocenters. The highest BCUT2D eigenvalue weighted by Crippen LogP contribution is 2.59. The first kappa shape index (κ1) is 13.5. The van der Waals surface area contributed by atoms with Gasteiger partial charge in [-0.15, -0.1) is 0 Å². The molecule has 2 heterocycles. The van der Waals surface area contributed by atoms with Crippen molar-refractivity contribution in [1.82, 2.24) is 0 Å². The Bertz CT molecular complexity index is 696. The molecule has 0 amide bonds. The van der Waals surface area contributed by atoms with E-state index in [1.165, 1.54) is 0 Å². The lowest BCUT2D eigenvalue weighted by Crippen LogP contribution is -2.52. The zero-order valence-corrected chi connectivity index (χ0v) is 12.6. The van der Waals surface area contributed by atoms with E-state index >= 15 is 0 Å². The maximum absolute atomic E-state index is 13.1. The number of Topliss-reactive ketones (excluding diaryl/α,β-unsaturated/α-hetero) is 1. The van der Waals surface area contributed by atoms with Gasteiger partial charge < -0.3 is 4.74 Å². The predicted molar refractivity (Wildman–Crippen MR) is 76.4 cm³/mol. The minimum atomic E-state index is -3.80. The number of rotatable bonds is 2. The van der Waals surface area contributed by atoms with Gasteiger partial charge in [0.25, 0.3) is 0 Å². The summed E-state index contributed by atoms with van der Waals surface area (Å²) in [4.78, 5) is 11.1. The van der Waals surface area contributed by atoms with Crippen LogP contribution in [0.4, 0.5) is 0 Å². The van der Waals surface area contributed by atoms with E-state index in [2.05, 4.69) is 0 Å². The third kappa shape index (κ3) is 1.59. The van der Waals surface area contributed by atoms with Crippen LogP contribution in [0.1, 0.15) is 38.5 Å². The zero-order chi connectivity index (χ0) is 14.7. The molecule has 3 fully saturated rings. The molecular weight excluding hydrogens is 288 g/mol. The van der Waals surface area contributed by atoms with Crippen molar-refractivity contribution in [2.45, 2.75) is 54.0 Å². The highest BCUT2D eigenvalue weighted by Gasteiger charge is 2.68. The number of carbonyl (C=O) groups excluding carboxylic acids is 1. The quantitative estimate of drug-likeness (QED) is 0.842. The van der Waals surface area contributed by atoms with E-state index in [1.54, 1.807) is 30.3 Å². The third-order valence-electron chi connectivity index (χ3n) is 5.47. The van der Waals surface area contributed by atoms with Crippen molar-refractivity contribution in [3.05, 3.63) is 30.3 Å². The average Bonchev–Trinajstić information content (AvgIpc) is 2.97. The highest BCUT2D eigenvalue weighted by molar-refractivity contribution is 7.93. The molecule has 1 spiro atoms. The summed E-state index contributed by atoms with van der Waals surface area (Å²) in [6, 6.07) is 8.24. The van der Waals surface area contributed by atoms with Gasteiger partial charge in [-0.2, -0.15) is 0 Å². The van der Waals surface area contributed by atoms with Crippen LogP contribution >= 0.6 is 0 Å². The van der Waals surface area contributed by atoms with Crippen molar-refractivity contribution in [2.75, 3.05) is 0 Å². The van der Waals surface area contributed by atoms with Gasteiger partial charge in [-0.25, -0.2) is 8.42 Å². The molecular formula is C16H18O4S. The minimum Gasteiger partial charge on any atom is -0.345 e. The number of benzene rings is 1. The Morgan fingerprint density at radius 2 is 1.90 bits per heavy atom. The second kappa shape index (κ2) is 4.17. The number of carbonyl (C=O) groups is 1. The smallest absolute Gasteiger partial charge is 0.232 e. The van der Waals surface area contributed by atoms with Crippen LogP contribution in [0.25, 0.3) is 0 Å². The first-order valence-electron chi connectivity index (χ1n) is 7.53. The molecule has 3 atom stereocenters. The number of ketones is 1. The Labute approximate surface area is 124 Å². The molecule has 5 heteroatoms. The lowest BCUT2D eigenvalue weighted by molar-refractivity contribution is -0.153. The second-order valence-corrected chi connectivity index (χ2v) is 8.59. The first-order chi connectivity index (χ1) is 10.0. The summed E-state index contributed by atoms with van der Waals surface area (Å²) in [6.07, 6.45) is 4.27. The fourth-order valence-electron chi connectivity index (χ4n) is 4.40. The summed E-state index contributed by atoms with van der Waals surface area (Å²) >= 11 is 0. The van der Waals surface area contributed by atoms with Crippen LogP contribution in [0.5, 0.6) is 0 Å². The molecule has 1 aliphatic carbocycles. The first-order valence-corrected chi connectivity index (χ1v) is 9.02. The molecule has 2 aliphatic heterocycles. The zero-order valence-electron chi connectivity index (χ0n) is 11.7. The van der Waals surface area contributed by atoms with Crippen LogP contribution in [0.15, 0.2) is 35.2 Å². The van der Waals surface area contributed by atoms with Crippen molar-refractivity contribution in [3.63, 3.8) is 0 Å². The molecule has 21 heavy (non-hydrogen) atoms. The van der Waals surface area contributed by atoms with Crippen molar-refractivity contribution < 1.29 is 17.9 Å².